The van der Waals surface area contributed by atoms with Crippen molar-refractivity contribution in [3.05, 3.63) is 95.6 Å². The maximum Gasteiger partial charge on any atom is 0.262 e. The lowest BCUT2D eigenvalue weighted by Crippen LogP contribution is -2.25. The molecule has 2 heterocycles. The second-order valence-electron chi connectivity index (χ2n) is 8.47. The van der Waals surface area contributed by atoms with Crippen LogP contribution >= 0.6 is 11.8 Å². The summed E-state index contributed by atoms with van der Waals surface area (Å²) in [6.07, 6.45) is 0.411. The number of aliphatic imine (C=N–C) groups is 1. The number of halogens is 2. The smallest absolute Gasteiger partial charge is 0.262 e. The lowest BCUT2D eigenvalue weighted by Gasteiger charge is -2.23. The summed E-state index contributed by atoms with van der Waals surface area (Å²) in [5, 5.41) is 8.68. The van der Waals surface area contributed by atoms with Crippen molar-refractivity contribution in [2.45, 2.75) is 24.1 Å². The fourth-order valence-corrected chi connectivity index (χ4v) is 5.22. The SMILES string of the molecule is COc1cccc([C@H]2CC(c3ccccc3)=NN2C2=NC(=O)[C@H](CC(=O)Nc3ccc(F)c(F)c3)S2)c1. The van der Waals surface area contributed by atoms with Crippen LogP contribution in [0.1, 0.15) is 30.0 Å². The minimum absolute atomic E-state index is 0.107. The van der Waals surface area contributed by atoms with Crippen molar-refractivity contribution in [1.82, 2.24) is 5.01 Å². The summed E-state index contributed by atoms with van der Waals surface area (Å²) in [6.45, 7) is 0. The average molecular weight is 521 g/mol. The van der Waals surface area contributed by atoms with Gasteiger partial charge in [0.1, 0.15) is 11.0 Å². The van der Waals surface area contributed by atoms with E-state index >= 15 is 0 Å². The highest BCUT2D eigenvalue weighted by molar-refractivity contribution is 8.15. The third kappa shape index (κ3) is 5.39. The number of nitrogens with one attached hydrogen (secondary N) is 1. The first-order valence-corrected chi connectivity index (χ1v) is 12.4. The van der Waals surface area contributed by atoms with Gasteiger partial charge >= 0.3 is 0 Å². The first-order valence-electron chi connectivity index (χ1n) is 11.5. The van der Waals surface area contributed by atoms with E-state index in [-0.39, 0.29) is 18.2 Å². The first-order chi connectivity index (χ1) is 17.9. The molecule has 7 nitrogen and oxygen atoms in total. The Morgan fingerprint density at radius 3 is 2.65 bits per heavy atom. The van der Waals surface area contributed by atoms with Crippen molar-refractivity contribution in [2.75, 3.05) is 12.4 Å². The zero-order valence-corrected chi connectivity index (χ0v) is 20.5. The highest BCUT2D eigenvalue weighted by Crippen LogP contribution is 2.39. The molecule has 37 heavy (non-hydrogen) atoms. The van der Waals surface area contributed by atoms with Crippen LogP contribution in [-0.2, 0) is 9.59 Å². The maximum atomic E-state index is 13.5. The quantitative estimate of drug-likeness (QED) is 0.486. The summed E-state index contributed by atoms with van der Waals surface area (Å²) in [7, 11) is 1.60. The summed E-state index contributed by atoms with van der Waals surface area (Å²) in [6, 6.07) is 20.3. The van der Waals surface area contributed by atoms with Crippen LogP contribution in [0, 0.1) is 11.6 Å². The molecule has 3 aromatic rings. The molecule has 0 aromatic heterocycles. The summed E-state index contributed by atoms with van der Waals surface area (Å²) < 4.78 is 32.0. The number of benzene rings is 3. The number of hydrazone groups is 1. The molecular weight excluding hydrogens is 498 g/mol. The van der Waals surface area contributed by atoms with Gasteiger partial charge in [0, 0.05) is 24.6 Å². The molecule has 5 rings (SSSR count). The third-order valence-corrected chi connectivity index (χ3v) is 7.14. The highest BCUT2D eigenvalue weighted by atomic mass is 32.2. The van der Waals surface area contributed by atoms with E-state index in [1.54, 1.807) is 12.1 Å². The average Bonchev–Trinajstić information content (AvgIpc) is 3.51. The van der Waals surface area contributed by atoms with Crippen LogP contribution in [0.2, 0.25) is 0 Å². The van der Waals surface area contributed by atoms with Crippen LogP contribution in [0.15, 0.2) is 82.9 Å². The van der Waals surface area contributed by atoms with Crippen molar-refractivity contribution < 1.29 is 23.1 Å². The lowest BCUT2D eigenvalue weighted by atomic mass is 9.98. The molecule has 2 aliphatic heterocycles. The molecule has 188 valence electrons. The molecule has 2 amide bonds. The van der Waals surface area contributed by atoms with Gasteiger partial charge in [-0.1, -0.05) is 54.2 Å². The Morgan fingerprint density at radius 1 is 1.08 bits per heavy atom. The van der Waals surface area contributed by atoms with Crippen molar-refractivity contribution in [2.24, 2.45) is 10.1 Å². The van der Waals surface area contributed by atoms with Crippen LogP contribution < -0.4 is 10.1 Å². The molecule has 0 unspecified atom stereocenters. The normalized spacial score (nSPS) is 19.0. The maximum absolute atomic E-state index is 13.5. The Hall–Kier alpha value is -4.05. The van der Waals surface area contributed by atoms with Gasteiger partial charge in [-0.05, 0) is 35.4 Å². The van der Waals surface area contributed by atoms with E-state index in [1.807, 2.05) is 54.6 Å². The first kappa shape index (κ1) is 24.6. The lowest BCUT2D eigenvalue weighted by molar-refractivity contribution is -0.121. The van der Waals surface area contributed by atoms with Crippen LogP contribution in [-0.4, -0.2) is 40.1 Å². The summed E-state index contributed by atoms with van der Waals surface area (Å²) >= 11 is 1.16. The van der Waals surface area contributed by atoms with Crippen molar-refractivity contribution in [1.29, 1.82) is 0 Å². The van der Waals surface area contributed by atoms with Crippen molar-refractivity contribution in [3.63, 3.8) is 0 Å². The number of carbonyl (C=O) groups is 2. The van der Waals surface area contributed by atoms with Gasteiger partial charge in [0.2, 0.25) is 5.91 Å². The monoisotopic (exact) mass is 520 g/mol. The van der Waals surface area contributed by atoms with Crippen LogP contribution in [0.4, 0.5) is 14.5 Å². The van der Waals surface area contributed by atoms with E-state index in [9.17, 15) is 18.4 Å². The van der Waals surface area contributed by atoms with E-state index in [2.05, 4.69) is 10.3 Å². The molecular formula is C27H22F2N4O3S. The minimum atomic E-state index is -1.07. The Kier molecular flexibility index (Phi) is 7.00. The van der Waals surface area contributed by atoms with Crippen molar-refractivity contribution in [3.8, 4) is 5.75 Å². The molecule has 0 radical (unpaired) electrons. The number of hydrogen-bond acceptors (Lipinski definition) is 6. The molecule has 0 saturated heterocycles. The second kappa shape index (κ2) is 10.5. The molecule has 0 aliphatic carbocycles. The summed E-state index contributed by atoms with van der Waals surface area (Å²) in [5.41, 5.74) is 2.87. The van der Waals surface area contributed by atoms with Crippen LogP contribution in [0.5, 0.6) is 5.75 Å². The number of methoxy groups -OCH3 is 1. The standard InChI is InChI=1S/C27H22F2N4O3S/c1-36-19-9-5-8-17(12-19)23-14-22(16-6-3-2-4-7-16)32-33(23)27-31-26(35)24(37-27)15-25(34)30-18-10-11-20(28)21(29)13-18/h2-13,23-24H,14-15H2,1H3,(H,30,34)/t23-,24+/m1/s1. The summed E-state index contributed by atoms with van der Waals surface area (Å²) in [4.78, 5) is 29.5. The molecule has 1 N–H and O–H groups in total. The Morgan fingerprint density at radius 2 is 1.89 bits per heavy atom. The molecule has 2 atom stereocenters. The molecule has 0 saturated carbocycles. The number of amidine groups is 1. The number of thioether (sulfide) groups is 1. The number of hydrogen-bond donors (Lipinski definition) is 1. The Labute approximate surface area is 216 Å². The molecule has 0 fully saturated rings. The number of ether oxygens (including phenoxy) is 1. The topological polar surface area (TPSA) is 83.4 Å². The fraction of sp³-hybridized carbons (Fsp3) is 0.185. The van der Waals surface area contributed by atoms with Gasteiger partial charge in [0.05, 0.1) is 18.9 Å². The number of nitrogens with zero attached hydrogens (tertiary/aromatic N) is 3. The summed E-state index contributed by atoms with van der Waals surface area (Å²) in [5.74, 6) is -2.33. The molecule has 2 aliphatic rings. The van der Waals surface area contributed by atoms with Crippen LogP contribution in [0.25, 0.3) is 0 Å². The van der Waals surface area contributed by atoms with E-state index in [0.29, 0.717) is 17.3 Å². The van der Waals surface area contributed by atoms with Gasteiger partial charge < -0.3 is 10.1 Å². The number of anilines is 1. The number of rotatable bonds is 6. The highest BCUT2D eigenvalue weighted by Gasteiger charge is 2.39. The van der Waals surface area contributed by atoms with E-state index in [1.165, 1.54) is 6.07 Å². The van der Waals surface area contributed by atoms with Gasteiger partial charge in [-0.15, -0.1) is 0 Å². The largest absolute Gasteiger partial charge is 0.497 e. The van der Waals surface area contributed by atoms with Gasteiger partial charge in [0.15, 0.2) is 16.8 Å². The molecule has 3 aromatic carbocycles. The molecule has 0 bridgehead atoms. The Balaban J connectivity index is 1.35. The second-order valence-corrected chi connectivity index (χ2v) is 9.64. The molecule has 0 spiro atoms. The van der Waals surface area contributed by atoms with Gasteiger partial charge in [-0.2, -0.15) is 10.1 Å². The zero-order valence-electron chi connectivity index (χ0n) is 19.7. The number of carbonyl (C=O) groups excluding carboxylic acids is 2. The van der Waals surface area contributed by atoms with Crippen molar-refractivity contribution >= 4 is 40.1 Å². The predicted octanol–water partition coefficient (Wildman–Crippen LogP) is 5.15. The minimum Gasteiger partial charge on any atom is -0.497 e. The predicted molar refractivity (Wildman–Crippen MR) is 139 cm³/mol. The Bertz CT molecular complexity index is 1410. The number of amides is 2. The third-order valence-electron chi connectivity index (χ3n) is 6.00. The van der Waals surface area contributed by atoms with Gasteiger partial charge in [-0.3, -0.25) is 9.59 Å². The van der Waals surface area contributed by atoms with Crippen LogP contribution in [0.3, 0.4) is 0 Å². The van der Waals surface area contributed by atoms with E-state index < -0.39 is 28.7 Å². The van der Waals surface area contributed by atoms with Gasteiger partial charge in [-0.25, -0.2) is 13.8 Å². The van der Waals surface area contributed by atoms with Gasteiger partial charge in [0.25, 0.3) is 5.91 Å². The fourth-order valence-electron chi connectivity index (χ4n) is 4.16. The zero-order chi connectivity index (χ0) is 25.9. The molecule has 10 heteroatoms. The van der Waals surface area contributed by atoms with E-state index in [0.717, 1.165) is 40.7 Å². The van der Waals surface area contributed by atoms with E-state index in [4.69, 9.17) is 9.84 Å².